The molecule has 4 heterocycles. The summed E-state index contributed by atoms with van der Waals surface area (Å²) in [7, 11) is 2.16. The summed E-state index contributed by atoms with van der Waals surface area (Å²) in [4.78, 5) is 40.5. The van der Waals surface area contributed by atoms with Crippen LogP contribution in [0.15, 0.2) is 60.0 Å². The van der Waals surface area contributed by atoms with Gasteiger partial charge in [0.25, 0.3) is 5.56 Å². The molecule has 0 spiro atoms. The van der Waals surface area contributed by atoms with E-state index in [0.29, 0.717) is 31.2 Å². The normalized spacial score (nSPS) is 17.5. The molecule has 0 bridgehead atoms. The molecule has 2 saturated heterocycles. The summed E-state index contributed by atoms with van der Waals surface area (Å²) in [6.45, 7) is 11.8. The molecule has 194 valence electrons. The minimum absolute atomic E-state index is 0.0138. The summed E-state index contributed by atoms with van der Waals surface area (Å²) in [6, 6.07) is 11.7. The van der Waals surface area contributed by atoms with Crippen molar-refractivity contribution < 1.29 is 4.79 Å². The van der Waals surface area contributed by atoms with Gasteiger partial charge in [0.1, 0.15) is 5.65 Å². The maximum absolute atomic E-state index is 12.8. The average Bonchev–Trinajstić information content (AvgIpc) is 2.90. The first-order valence-corrected chi connectivity index (χ1v) is 13.0. The Morgan fingerprint density at radius 2 is 1.84 bits per heavy atom. The number of carbonyl (C=O) groups is 1. The van der Waals surface area contributed by atoms with Crippen molar-refractivity contribution in [1.82, 2.24) is 24.3 Å². The summed E-state index contributed by atoms with van der Waals surface area (Å²) < 4.78 is 1.73. The largest absolute Gasteiger partial charge is 0.369 e. The number of aromatic nitrogens is 3. The van der Waals surface area contributed by atoms with E-state index in [-0.39, 0.29) is 16.9 Å². The van der Waals surface area contributed by atoms with Crippen LogP contribution in [0.2, 0.25) is 0 Å². The van der Waals surface area contributed by atoms with E-state index in [1.165, 1.54) is 11.8 Å². The first-order valence-electron chi connectivity index (χ1n) is 13.0. The van der Waals surface area contributed by atoms with Gasteiger partial charge in [0, 0.05) is 80.3 Å². The van der Waals surface area contributed by atoms with Crippen LogP contribution in [0.25, 0.3) is 11.0 Å². The molecule has 5 rings (SSSR count). The lowest BCUT2D eigenvalue weighted by atomic mass is 9.74. The SMILES string of the molecule is C=CC(=O)N1CC(CC)(CCn2c(=O)ccc3cnc(Nc4ccc(N5CCN(C)CC5)cc4)nc32)C1. The molecular weight excluding hydrogens is 466 g/mol. The number of anilines is 3. The van der Waals surface area contributed by atoms with Crippen LogP contribution in [0.5, 0.6) is 0 Å². The lowest BCUT2D eigenvalue weighted by Crippen LogP contribution is -2.58. The zero-order valence-electron chi connectivity index (χ0n) is 21.7. The van der Waals surface area contributed by atoms with Gasteiger partial charge in [0.05, 0.1) is 0 Å². The average molecular weight is 502 g/mol. The number of aryl methyl sites for hydroxylation is 1. The van der Waals surface area contributed by atoms with Crippen molar-refractivity contribution >= 4 is 34.3 Å². The van der Waals surface area contributed by atoms with E-state index in [4.69, 9.17) is 4.98 Å². The zero-order valence-corrected chi connectivity index (χ0v) is 21.7. The van der Waals surface area contributed by atoms with E-state index in [2.05, 4.69) is 52.8 Å². The van der Waals surface area contributed by atoms with Crippen LogP contribution in [0.4, 0.5) is 17.3 Å². The molecule has 9 nitrogen and oxygen atoms in total. The van der Waals surface area contributed by atoms with Gasteiger partial charge in [-0.2, -0.15) is 4.98 Å². The topological polar surface area (TPSA) is 86.6 Å². The van der Waals surface area contributed by atoms with Crippen LogP contribution in [0, 0.1) is 5.41 Å². The molecule has 2 fully saturated rings. The highest BCUT2D eigenvalue weighted by molar-refractivity contribution is 5.87. The molecule has 0 aliphatic carbocycles. The maximum atomic E-state index is 12.8. The Morgan fingerprint density at radius 1 is 1.11 bits per heavy atom. The third kappa shape index (κ3) is 5.22. The van der Waals surface area contributed by atoms with E-state index >= 15 is 0 Å². The quantitative estimate of drug-likeness (QED) is 0.475. The third-order valence-electron chi connectivity index (χ3n) is 7.87. The summed E-state index contributed by atoms with van der Waals surface area (Å²) in [6.07, 6.45) is 4.85. The number of rotatable bonds is 8. The Labute approximate surface area is 217 Å². The van der Waals surface area contributed by atoms with Gasteiger partial charge in [-0.1, -0.05) is 13.5 Å². The van der Waals surface area contributed by atoms with E-state index < -0.39 is 0 Å². The molecule has 2 aliphatic heterocycles. The van der Waals surface area contributed by atoms with Crippen molar-refractivity contribution in [3.63, 3.8) is 0 Å². The summed E-state index contributed by atoms with van der Waals surface area (Å²) in [5.74, 6) is 0.419. The third-order valence-corrected chi connectivity index (χ3v) is 7.87. The van der Waals surface area contributed by atoms with Gasteiger partial charge in [0.15, 0.2) is 0 Å². The van der Waals surface area contributed by atoms with Crippen LogP contribution >= 0.6 is 0 Å². The fourth-order valence-electron chi connectivity index (χ4n) is 5.25. The Bertz CT molecular complexity index is 1340. The van der Waals surface area contributed by atoms with Gasteiger partial charge >= 0.3 is 0 Å². The van der Waals surface area contributed by atoms with Crippen LogP contribution in [-0.4, -0.2) is 76.6 Å². The van der Waals surface area contributed by atoms with Crippen molar-refractivity contribution in [1.29, 1.82) is 0 Å². The van der Waals surface area contributed by atoms with Crippen LogP contribution in [0.1, 0.15) is 19.8 Å². The zero-order chi connectivity index (χ0) is 26.0. The fraction of sp³-hybridized carbons (Fsp3) is 0.429. The lowest BCUT2D eigenvalue weighted by molar-refractivity contribution is -0.138. The summed E-state index contributed by atoms with van der Waals surface area (Å²) in [5.41, 5.74) is 2.65. The molecule has 3 aromatic rings. The van der Waals surface area contributed by atoms with E-state index in [1.54, 1.807) is 22.9 Å². The second kappa shape index (κ2) is 10.3. The number of benzene rings is 1. The standard InChI is InChI=1S/C28H35N7O2/c1-4-24(36)34-19-28(5-2,20-34)12-13-35-25(37)11-6-21-18-29-27(31-26(21)35)30-22-7-9-23(10-8-22)33-16-14-32(3)15-17-33/h4,6-11,18H,1,5,12-17,19-20H2,2-3H3,(H,29,30,31). The lowest BCUT2D eigenvalue weighted by Gasteiger charge is -2.50. The van der Waals surface area contributed by atoms with Crippen molar-refractivity contribution in [3.8, 4) is 0 Å². The number of amides is 1. The van der Waals surface area contributed by atoms with Gasteiger partial charge in [-0.3, -0.25) is 14.2 Å². The predicted molar refractivity (Wildman–Crippen MR) is 147 cm³/mol. The second-order valence-electron chi connectivity index (χ2n) is 10.3. The molecule has 0 saturated carbocycles. The molecule has 0 unspecified atom stereocenters. The molecule has 2 aliphatic rings. The molecule has 9 heteroatoms. The highest BCUT2D eigenvalue weighted by atomic mass is 16.2. The monoisotopic (exact) mass is 501 g/mol. The van der Waals surface area contributed by atoms with Gasteiger partial charge < -0.3 is 20.0 Å². The Morgan fingerprint density at radius 3 is 2.51 bits per heavy atom. The van der Waals surface area contributed by atoms with Gasteiger partial charge in [0.2, 0.25) is 11.9 Å². The molecule has 0 radical (unpaired) electrons. The van der Waals surface area contributed by atoms with Crippen LogP contribution < -0.4 is 15.8 Å². The summed E-state index contributed by atoms with van der Waals surface area (Å²) >= 11 is 0. The van der Waals surface area contributed by atoms with E-state index in [0.717, 1.165) is 50.1 Å². The molecule has 1 N–H and O–H groups in total. The number of carbonyl (C=O) groups excluding carboxylic acids is 1. The van der Waals surface area contributed by atoms with Crippen molar-refractivity contribution in [3.05, 3.63) is 65.6 Å². The van der Waals surface area contributed by atoms with Crippen LogP contribution in [0.3, 0.4) is 0 Å². The molecule has 0 atom stereocenters. The number of pyridine rings is 1. The molecular formula is C28H35N7O2. The highest BCUT2D eigenvalue weighted by Crippen LogP contribution is 2.38. The van der Waals surface area contributed by atoms with Crippen LogP contribution in [-0.2, 0) is 11.3 Å². The van der Waals surface area contributed by atoms with Gasteiger partial charge in [-0.05, 0) is 56.3 Å². The minimum atomic E-state index is -0.0849. The molecule has 1 aromatic carbocycles. The number of hydrogen-bond donors (Lipinski definition) is 1. The Balaban J connectivity index is 1.31. The van der Waals surface area contributed by atoms with Gasteiger partial charge in [-0.15, -0.1) is 0 Å². The molecule has 2 aromatic heterocycles. The number of hydrogen-bond acceptors (Lipinski definition) is 7. The van der Waals surface area contributed by atoms with E-state index in [9.17, 15) is 9.59 Å². The van der Waals surface area contributed by atoms with E-state index in [1.807, 2.05) is 17.0 Å². The molecule has 37 heavy (non-hydrogen) atoms. The first kappa shape index (κ1) is 25.0. The number of nitrogens with zero attached hydrogens (tertiary/aromatic N) is 6. The Hall–Kier alpha value is -3.72. The highest BCUT2D eigenvalue weighted by Gasteiger charge is 2.42. The number of nitrogens with one attached hydrogen (secondary N) is 1. The Kier molecular flexibility index (Phi) is 6.97. The number of piperazine rings is 1. The summed E-state index contributed by atoms with van der Waals surface area (Å²) in [5, 5.41) is 4.11. The predicted octanol–water partition coefficient (Wildman–Crippen LogP) is 3.10. The number of likely N-dealkylation sites (tertiary alicyclic amines) is 1. The van der Waals surface area contributed by atoms with Crippen molar-refractivity contribution in [2.75, 3.05) is 56.5 Å². The van der Waals surface area contributed by atoms with Crippen molar-refractivity contribution in [2.24, 2.45) is 5.41 Å². The first-order chi connectivity index (χ1) is 17.9. The van der Waals surface area contributed by atoms with Gasteiger partial charge in [-0.25, -0.2) is 4.98 Å². The minimum Gasteiger partial charge on any atom is -0.369 e. The van der Waals surface area contributed by atoms with Crippen molar-refractivity contribution in [2.45, 2.75) is 26.3 Å². The smallest absolute Gasteiger partial charge is 0.252 e. The number of fused-ring (bicyclic) bond motifs is 1. The number of likely N-dealkylation sites (N-methyl/N-ethyl adjacent to an activating group) is 1. The molecule has 1 amide bonds. The second-order valence-corrected chi connectivity index (χ2v) is 10.3. The fourth-order valence-corrected chi connectivity index (χ4v) is 5.25. The maximum Gasteiger partial charge on any atom is 0.252 e.